The highest BCUT2D eigenvalue weighted by Gasteiger charge is 2.06. The van der Waals surface area contributed by atoms with Gasteiger partial charge in [0.25, 0.3) is 0 Å². The minimum Gasteiger partial charge on any atom is -0.496 e. The molecule has 136 valence electrons. The largest absolute Gasteiger partial charge is 0.496 e. The normalized spacial score (nSPS) is 10.6. The van der Waals surface area contributed by atoms with Crippen molar-refractivity contribution in [1.29, 1.82) is 0 Å². The van der Waals surface area contributed by atoms with Crippen LogP contribution in [0.3, 0.4) is 0 Å². The number of nitrogens with zero attached hydrogens (tertiary/aromatic N) is 1. The van der Waals surface area contributed by atoms with Crippen LogP contribution in [0.1, 0.15) is 11.3 Å². The lowest BCUT2D eigenvalue weighted by molar-refractivity contribution is -0.120. The number of halogens is 1. The highest BCUT2D eigenvalue weighted by Crippen LogP contribution is 2.16. The number of benzene rings is 1. The predicted molar refractivity (Wildman–Crippen MR) is 107 cm³/mol. The second-order valence-corrected chi connectivity index (χ2v) is 4.95. The molecule has 2 aromatic rings. The third-order valence-electron chi connectivity index (χ3n) is 3.32. The Bertz CT molecular complexity index is 674. The van der Waals surface area contributed by atoms with E-state index in [1.54, 1.807) is 32.6 Å². The maximum Gasteiger partial charge on any atom is 0.239 e. The number of furan rings is 1. The van der Waals surface area contributed by atoms with Crippen molar-refractivity contribution in [3.05, 3.63) is 54.0 Å². The smallest absolute Gasteiger partial charge is 0.239 e. The Labute approximate surface area is 164 Å². The molecule has 0 fully saturated rings. The lowest BCUT2D eigenvalue weighted by Crippen LogP contribution is -2.42. The van der Waals surface area contributed by atoms with E-state index in [9.17, 15) is 4.79 Å². The van der Waals surface area contributed by atoms with E-state index >= 15 is 0 Å². The number of ether oxygens (including phenoxy) is 1. The monoisotopic (exact) mass is 458 g/mol. The summed E-state index contributed by atoms with van der Waals surface area (Å²) < 4.78 is 10.5. The van der Waals surface area contributed by atoms with Gasteiger partial charge in [0.15, 0.2) is 5.96 Å². The third-order valence-corrected chi connectivity index (χ3v) is 3.32. The van der Waals surface area contributed by atoms with Crippen LogP contribution in [-0.2, 0) is 17.9 Å². The number of methoxy groups -OCH3 is 1. The van der Waals surface area contributed by atoms with Crippen LogP contribution >= 0.6 is 24.0 Å². The van der Waals surface area contributed by atoms with E-state index < -0.39 is 0 Å². The van der Waals surface area contributed by atoms with Crippen molar-refractivity contribution in [3.8, 4) is 5.75 Å². The summed E-state index contributed by atoms with van der Waals surface area (Å²) in [5, 5.41) is 8.87. The zero-order chi connectivity index (χ0) is 17.2. The van der Waals surface area contributed by atoms with Gasteiger partial charge >= 0.3 is 0 Å². The van der Waals surface area contributed by atoms with Crippen LogP contribution in [0.15, 0.2) is 52.1 Å². The second kappa shape index (κ2) is 11.3. The van der Waals surface area contributed by atoms with Crippen molar-refractivity contribution in [2.45, 2.75) is 13.1 Å². The molecule has 0 radical (unpaired) electrons. The zero-order valence-electron chi connectivity index (χ0n) is 14.2. The molecule has 0 aliphatic rings. The molecule has 1 heterocycles. The molecule has 1 aromatic carbocycles. The van der Waals surface area contributed by atoms with Gasteiger partial charge in [0.05, 0.1) is 26.5 Å². The van der Waals surface area contributed by atoms with Gasteiger partial charge in [-0.2, -0.15) is 0 Å². The molecule has 2 rings (SSSR count). The first-order valence-corrected chi connectivity index (χ1v) is 7.58. The van der Waals surface area contributed by atoms with Crippen LogP contribution < -0.4 is 20.7 Å². The molecule has 0 bridgehead atoms. The van der Waals surface area contributed by atoms with Crippen molar-refractivity contribution < 1.29 is 13.9 Å². The molecule has 7 nitrogen and oxygen atoms in total. The number of amides is 1. The first kappa shape index (κ1) is 20.8. The fraction of sp³-hybridized carbons (Fsp3) is 0.294. The maximum atomic E-state index is 11.8. The van der Waals surface area contributed by atoms with E-state index in [0.29, 0.717) is 24.8 Å². The molecule has 0 saturated heterocycles. The lowest BCUT2D eigenvalue weighted by atomic mass is 10.2. The molecule has 3 N–H and O–H groups in total. The van der Waals surface area contributed by atoms with Crippen molar-refractivity contribution in [2.75, 3.05) is 20.7 Å². The van der Waals surface area contributed by atoms with E-state index in [-0.39, 0.29) is 36.4 Å². The number of carbonyl (C=O) groups is 1. The summed E-state index contributed by atoms with van der Waals surface area (Å²) in [5.74, 6) is 1.90. The molecule has 0 unspecified atom stereocenters. The Hall–Kier alpha value is -2.23. The predicted octanol–water partition coefficient (Wildman–Crippen LogP) is 1.89. The maximum absolute atomic E-state index is 11.8. The molecule has 25 heavy (non-hydrogen) atoms. The summed E-state index contributed by atoms with van der Waals surface area (Å²) in [6.07, 6.45) is 1.57. The van der Waals surface area contributed by atoms with Crippen LogP contribution in [-0.4, -0.2) is 32.6 Å². The highest BCUT2D eigenvalue weighted by atomic mass is 127. The highest BCUT2D eigenvalue weighted by molar-refractivity contribution is 14.0. The topological polar surface area (TPSA) is 87.9 Å². The first-order chi connectivity index (χ1) is 11.7. The van der Waals surface area contributed by atoms with E-state index in [1.807, 2.05) is 24.3 Å². The average Bonchev–Trinajstić information content (AvgIpc) is 3.14. The summed E-state index contributed by atoms with van der Waals surface area (Å²) in [7, 11) is 3.29. The van der Waals surface area contributed by atoms with Crippen LogP contribution in [0, 0.1) is 0 Å². The van der Waals surface area contributed by atoms with Gasteiger partial charge in [-0.05, 0) is 18.2 Å². The molecular formula is C17H23IN4O3. The van der Waals surface area contributed by atoms with Gasteiger partial charge in [-0.3, -0.25) is 9.79 Å². The summed E-state index contributed by atoms with van der Waals surface area (Å²) in [6, 6.07) is 11.3. The van der Waals surface area contributed by atoms with E-state index in [4.69, 9.17) is 9.15 Å². The van der Waals surface area contributed by atoms with Gasteiger partial charge < -0.3 is 25.1 Å². The molecule has 0 aliphatic carbocycles. The summed E-state index contributed by atoms with van der Waals surface area (Å²) in [4.78, 5) is 15.9. The van der Waals surface area contributed by atoms with Gasteiger partial charge in [0, 0.05) is 19.2 Å². The van der Waals surface area contributed by atoms with E-state index in [0.717, 1.165) is 11.3 Å². The average molecular weight is 458 g/mol. The van der Waals surface area contributed by atoms with Gasteiger partial charge in [-0.25, -0.2) is 0 Å². The Kier molecular flexibility index (Phi) is 9.45. The minimum atomic E-state index is -0.147. The summed E-state index contributed by atoms with van der Waals surface area (Å²) in [6.45, 7) is 1.02. The lowest BCUT2D eigenvalue weighted by Gasteiger charge is -2.13. The third kappa shape index (κ3) is 7.04. The number of hydrogen-bond acceptors (Lipinski definition) is 4. The Morgan fingerprint density at radius 2 is 1.92 bits per heavy atom. The number of carbonyl (C=O) groups excluding carboxylic acids is 1. The number of aliphatic imine (C=N–C) groups is 1. The SMILES string of the molecule is CN=C(NCC(=O)NCc1ccco1)NCc1ccccc1OC.I. The fourth-order valence-electron chi connectivity index (χ4n) is 2.07. The number of nitrogens with one attached hydrogen (secondary N) is 3. The Morgan fingerprint density at radius 3 is 2.60 bits per heavy atom. The van der Waals surface area contributed by atoms with Crippen LogP contribution in [0.25, 0.3) is 0 Å². The molecule has 0 saturated carbocycles. The number of guanidine groups is 1. The zero-order valence-corrected chi connectivity index (χ0v) is 16.6. The van der Waals surface area contributed by atoms with Crippen molar-refractivity contribution in [1.82, 2.24) is 16.0 Å². The van der Waals surface area contributed by atoms with Crippen molar-refractivity contribution in [2.24, 2.45) is 4.99 Å². The van der Waals surface area contributed by atoms with Gasteiger partial charge in [0.2, 0.25) is 5.91 Å². The van der Waals surface area contributed by atoms with E-state index in [2.05, 4.69) is 20.9 Å². The molecule has 0 aliphatic heterocycles. The minimum absolute atomic E-state index is 0. The number of rotatable bonds is 7. The van der Waals surface area contributed by atoms with Crippen LogP contribution in [0.4, 0.5) is 0 Å². The molecule has 1 amide bonds. The molecule has 8 heteroatoms. The molecule has 0 spiro atoms. The van der Waals surface area contributed by atoms with Crippen LogP contribution in [0.2, 0.25) is 0 Å². The molecule has 0 atom stereocenters. The number of hydrogen-bond donors (Lipinski definition) is 3. The quantitative estimate of drug-likeness (QED) is 0.335. The van der Waals surface area contributed by atoms with Crippen LogP contribution in [0.5, 0.6) is 5.75 Å². The Balaban J connectivity index is 0.00000312. The first-order valence-electron chi connectivity index (χ1n) is 7.58. The van der Waals surface area contributed by atoms with Gasteiger partial charge in [-0.1, -0.05) is 18.2 Å². The standard InChI is InChI=1S/C17H22N4O3.HI/c1-18-17(20-10-13-6-3-4-8-15(13)23-2)21-12-16(22)19-11-14-7-5-9-24-14;/h3-9H,10-12H2,1-2H3,(H,19,22)(H2,18,20,21);1H. The van der Waals surface area contributed by atoms with Gasteiger partial charge in [-0.15, -0.1) is 24.0 Å². The fourth-order valence-corrected chi connectivity index (χ4v) is 2.07. The molecule has 1 aromatic heterocycles. The van der Waals surface area contributed by atoms with Crippen molar-refractivity contribution in [3.63, 3.8) is 0 Å². The van der Waals surface area contributed by atoms with Gasteiger partial charge in [0.1, 0.15) is 11.5 Å². The Morgan fingerprint density at radius 1 is 1.12 bits per heavy atom. The summed E-state index contributed by atoms with van der Waals surface area (Å²) >= 11 is 0. The second-order valence-electron chi connectivity index (χ2n) is 4.95. The summed E-state index contributed by atoms with van der Waals surface area (Å²) in [5.41, 5.74) is 1.00. The molecular weight excluding hydrogens is 435 g/mol. The van der Waals surface area contributed by atoms with Crippen molar-refractivity contribution >= 4 is 35.8 Å². The van der Waals surface area contributed by atoms with E-state index in [1.165, 1.54) is 0 Å². The number of para-hydroxylation sites is 1.